The van der Waals surface area contributed by atoms with E-state index in [0.29, 0.717) is 37.3 Å². The van der Waals surface area contributed by atoms with E-state index in [2.05, 4.69) is 27.6 Å². The number of esters is 1. The molecule has 0 fully saturated rings. The smallest absolute Gasteiger partial charge is 0.363 e. The van der Waals surface area contributed by atoms with Gasteiger partial charge in [-0.3, -0.25) is 20.2 Å². The first kappa shape index (κ1) is 25.8. The Morgan fingerprint density at radius 3 is 2.54 bits per heavy atom. The number of nitrogens with zero attached hydrogens (tertiary/aromatic N) is 3. The molecule has 37 heavy (non-hydrogen) atoms. The molecule has 0 spiro atoms. The van der Waals surface area contributed by atoms with Gasteiger partial charge in [-0.1, -0.05) is 18.2 Å². The molecular weight excluding hydrogens is 597 g/mol. The Hall–Kier alpha value is -4.33. The Morgan fingerprint density at radius 2 is 1.84 bits per heavy atom. The highest BCUT2D eigenvalue weighted by Crippen LogP contribution is 2.36. The van der Waals surface area contributed by atoms with Crippen molar-refractivity contribution in [2.45, 2.75) is 13.5 Å². The van der Waals surface area contributed by atoms with Gasteiger partial charge in [0.1, 0.15) is 6.61 Å². The van der Waals surface area contributed by atoms with Gasteiger partial charge >= 0.3 is 5.97 Å². The Bertz CT molecular complexity index is 1500. The summed E-state index contributed by atoms with van der Waals surface area (Å²) >= 11 is 2.06. The van der Waals surface area contributed by atoms with Crippen molar-refractivity contribution < 1.29 is 28.9 Å². The highest BCUT2D eigenvalue weighted by molar-refractivity contribution is 14.1. The third-order valence-corrected chi connectivity index (χ3v) is 6.21. The van der Waals surface area contributed by atoms with Gasteiger partial charge < -0.3 is 14.2 Å². The summed E-state index contributed by atoms with van der Waals surface area (Å²) in [4.78, 5) is 38.0. The topological polar surface area (TPSA) is 143 Å². The quantitative estimate of drug-likeness (QED) is 0.109. The molecule has 188 valence electrons. The maximum atomic E-state index is 12.5. The van der Waals surface area contributed by atoms with Gasteiger partial charge in [-0.2, -0.15) is 0 Å². The monoisotopic (exact) mass is 615 g/mol. The van der Waals surface area contributed by atoms with Crippen LogP contribution in [0.4, 0.5) is 11.4 Å². The summed E-state index contributed by atoms with van der Waals surface area (Å²) in [7, 11) is 1.47. The van der Waals surface area contributed by atoms with Gasteiger partial charge in [0.05, 0.1) is 20.5 Å². The van der Waals surface area contributed by atoms with Crippen LogP contribution in [0.5, 0.6) is 11.5 Å². The minimum Gasteiger partial charge on any atom is -0.493 e. The molecule has 0 atom stereocenters. The molecule has 0 aromatic heterocycles. The summed E-state index contributed by atoms with van der Waals surface area (Å²) in [5.41, 5.74) is 1.76. The number of nitro groups is 2. The largest absolute Gasteiger partial charge is 0.493 e. The number of halogens is 1. The fourth-order valence-electron chi connectivity index (χ4n) is 3.61. The minimum atomic E-state index is -0.694. The number of hydrogen-bond donors (Lipinski definition) is 0. The molecule has 0 saturated carbocycles. The zero-order chi connectivity index (χ0) is 26.7. The van der Waals surface area contributed by atoms with Gasteiger partial charge in [-0.05, 0) is 64.9 Å². The van der Waals surface area contributed by atoms with Gasteiger partial charge in [0.25, 0.3) is 11.4 Å². The SMILES string of the molecule is COc1cc(/C=C2\N=C(c3cccc([N+](=O)[O-])c3C)OC2=O)cc(I)c1OCc1cccc([N+](=O)[O-])c1. The van der Waals surface area contributed by atoms with E-state index in [1.54, 1.807) is 37.3 Å². The fourth-order valence-corrected chi connectivity index (χ4v) is 4.39. The molecule has 0 unspecified atom stereocenters. The molecule has 0 aliphatic carbocycles. The van der Waals surface area contributed by atoms with E-state index in [-0.39, 0.29) is 29.6 Å². The summed E-state index contributed by atoms with van der Waals surface area (Å²) in [5, 5.41) is 22.3. The van der Waals surface area contributed by atoms with Crippen LogP contribution in [0.1, 0.15) is 22.3 Å². The normalized spacial score (nSPS) is 13.8. The summed E-state index contributed by atoms with van der Waals surface area (Å²) in [6, 6.07) is 14.0. The van der Waals surface area contributed by atoms with Crippen LogP contribution in [-0.2, 0) is 16.1 Å². The highest BCUT2D eigenvalue weighted by atomic mass is 127. The minimum absolute atomic E-state index is 0.0176. The van der Waals surface area contributed by atoms with E-state index >= 15 is 0 Å². The molecule has 0 bridgehead atoms. The first-order chi connectivity index (χ1) is 17.7. The van der Waals surface area contributed by atoms with E-state index in [0.717, 1.165) is 0 Å². The molecule has 0 N–H and O–H groups in total. The van der Waals surface area contributed by atoms with Crippen LogP contribution in [-0.4, -0.2) is 28.8 Å². The van der Waals surface area contributed by atoms with Crippen LogP contribution >= 0.6 is 22.6 Å². The molecule has 0 saturated heterocycles. The molecule has 0 radical (unpaired) electrons. The number of carbonyl (C=O) groups is 1. The molecule has 4 rings (SSSR count). The second-order valence-electron chi connectivity index (χ2n) is 7.79. The van der Waals surface area contributed by atoms with Crippen LogP contribution in [0.2, 0.25) is 0 Å². The first-order valence-electron chi connectivity index (χ1n) is 10.7. The molecule has 3 aromatic rings. The lowest BCUT2D eigenvalue weighted by Gasteiger charge is -2.13. The Kier molecular flexibility index (Phi) is 7.47. The van der Waals surface area contributed by atoms with Crippen molar-refractivity contribution in [1.82, 2.24) is 0 Å². The van der Waals surface area contributed by atoms with Crippen molar-refractivity contribution >= 4 is 51.9 Å². The molecule has 1 heterocycles. The maximum absolute atomic E-state index is 12.5. The van der Waals surface area contributed by atoms with E-state index in [1.807, 2.05) is 0 Å². The van der Waals surface area contributed by atoms with Gasteiger partial charge in [0.2, 0.25) is 5.90 Å². The van der Waals surface area contributed by atoms with Gasteiger partial charge in [0, 0.05) is 29.3 Å². The number of non-ortho nitro benzene ring substituents is 1. The zero-order valence-electron chi connectivity index (χ0n) is 19.5. The predicted octanol–water partition coefficient (Wildman–Crippen LogP) is 5.35. The number of cyclic esters (lactones) is 1. The lowest BCUT2D eigenvalue weighted by molar-refractivity contribution is -0.385. The van der Waals surface area contributed by atoms with Crippen molar-refractivity contribution in [3.8, 4) is 11.5 Å². The number of carbonyl (C=O) groups excluding carboxylic acids is 1. The van der Waals surface area contributed by atoms with Gasteiger partial charge in [-0.15, -0.1) is 0 Å². The molecule has 1 aliphatic rings. The average molecular weight is 615 g/mol. The number of nitro benzene ring substituents is 2. The van der Waals surface area contributed by atoms with Crippen LogP contribution in [0.25, 0.3) is 6.08 Å². The van der Waals surface area contributed by atoms with Crippen molar-refractivity contribution in [2.75, 3.05) is 7.11 Å². The summed E-state index contributed by atoms with van der Waals surface area (Å²) < 4.78 is 17.3. The van der Waals surface area contributed by atoms with Crippen LogP contribution < -0.4 is 9.47 Å². The van der Waals surface area contributed by atoms with Crippen LogP contribution in [0, 0.1) is 30.7 Å². The van der Waals surface area contributed by atoms with Crippen molar-refractivity contribution in [3.63, 3.8) is 0 Å². The third kappa shape index (κ3) is 5.58. The molecule has 12 heteroatoms. The summed E-state index contributed by atoms with van der Waals surface area (Å²) in [6.45, 7) is 1.64. The van der Waals surface area contributed by atoms with Crippen molar-refractivity contribution in [2.24, 2.45) is 4.99 Å². The molecule has 1 aliphatic heterocycles. The van der Waals surface area contributed by atoms with Crippen LogP contribution in [0.15, 0.2) is 65.3 Å². The number of hydrogen-bond acceptors (Lipinski definition) is 9. The summed E-state index contributed by atoms with van der Waals surface area (Å²) in [6.07, 6.45) is 1.51. The molecule has 3 aromatic carbocycles. The summed E-state index contributed by atoms with van der Waals surface area (Å²) in [5.74, 6) is 0.105. The Labute approximate surface area is 223 Å². The van der Waals surface area contributed by atoms with Crippen molar-refractivity contribution in [1.29, 1.82) is 0 Å². The van der Waals surface area contributed by atoms with E-state index in [9.17, 15) is 25.0 Å². The molecule has 11 nitrogen and oxygen atoms in total. The Morgan fingerprint density at radius 1 is 1.08 bits per heavy atom. The first-order valence-corrected chi connectivity index (χ1v) is 11.8. The Balaban J connectivity index is 1.61. The van der Waals surface area contributed by atoms with E-state index < -0.39 is 15.8 Å². The van der Waals surface area contributed by atoms with Crippen molar-refractivity contribution in [3.05, 3.63) is 106 Å². The van der Waals surface area contributed by atoms with E-state index in [1.165, 1.54) is 37.5 Å². The van der Waals surface area contributed by atoms with E-state index in [4.69, 9.17) is 14.2 Å². The maximum Gasteiger partial charge on any atom is 0.363 e. The molecular formula is C25H18IN3O8. The van der Waals surface area contributed by atoms with Gasteiger partial charge in [-0.25, -0.2) is 9.79 Å². The second-order valence-corrected chi connectivity index (χ2v) is 8.95. The lowest BCUT2D eigenvalue weighted by atomic mass is 10.1. The number of ether oxygens (including phenoxy) is 3. The van der Waals surface area contributed by atoms with Gasteiger partial charge in [0.15, 0.2) is 17.2 Å². The number of methoxy groups -OCH3 is 1. The van der Waals surface area contributed by atoms with Crippen LogP contribution in [0.3, 0.4) is 0 Å². The lowest BCUT2D eigenvalue weighted by Crippen LogP contribution is -2.08. The molecule has 0 amide bonds. The highest BCUT2D eigenvalue weighted by Gasteiger charge is 2.27. The standard InChI is InChI=1S/C25H18IN3O8/c1-14-18(7-4-8-21(14)29(33)34)24-27-20(25(30)37-24)11-16-10-19(26)23(22(12-16)35-2)36-13-15-5-3-6-17(9-15)28(31)32/h3-12H,13H2,1-2H3/b20-11-. The number of aliphatic imine (C=N–C) groups is 1. The number of rotatable bonds is 8. The third-order valence-electron chi connectivity index (χ3n) is 5.41. The average Bonchev–Trinajstić information content (AvgIpc) is 3.22. The fraction of sp³-hybridized carbons (Fsp3) is 0.120. The second kappa shape index (κ2) is 10.7. The zero-order valence-corrected chi connectivity index (χ0v) is 21.6. The predicted molar refractivity (Wildman–Crippen MR) is 142 cm³/mol. The number of benzene rings is 3.